The Morgan fingerprint density at radius 2 is 1.43 bits per heavy atom. The highest BCUT2D eigenvalue weighted by atomic mass is 16.5. The predicted octanol–water partition coefficient (Wildman–Crippen LogP) is 8.53. The Labute approximate surface area is 186 Å². The van der Waals surface area contributed by atoms with E-state index in [2.05, 4.69) is 53.7 Å². The van der Waals surface area contributed by atoms with Gasteiger partial charge in [-0.05, 0) is 75.5 Å². The summed E-state index contributed by atoms with van der Waals surface area (Å²) in [6.45, 7) is 17.7. The molecule has 0 aliphatic carbocycles. The van der Waals surface area contributed by atoms with Gasteiger partial charge in [0.1, 0.15) is 17.1 Å². The van der Waals surface area contributed by atoms with Gasteiger partial charge in [-0.1, -0.05) is 72.3 Å². The molecule has 1 aromatic rings. The van der Waals surface area contributed by atoms with Gasteiger partial charge in [0.15, 0.2) is 0 Å². The van der Waals surface area contributed by atoms with Crippen LogP contribution in [0.3, 0.4) is 0 Å². The Kier molecular flexibility index (Phi) is 8.88. The first-order valence-corrected chi connectivity index (χ1v) is 12.2. The first-order valence-electron chi connectivity index (χ1n) is 12.2. The van der Waals surface area contributed by atoms with E-state index in [0.29, 0.717) is 5.75 Å². The lowest BCUT2D eigenvalue weighted by Crippen LogP contribution is -2.32. The zero-order valence-electron chi connectivity index (χ0n) is 20.9. The molecule has 0 saturated carbocycles. The number of fused-ring (bicyclic) bond motifs is 1. The first kappa shape index (κ1) is 24.8. The zero-order valence-corrected chi connectivity index (χ0v) is 20.9. The van der Waals surface area contributed by atoms with Crippen molar-refractivity contribution in [1.29, 1.82) is 0 Å². The summed E-state index contributed by atoms with van der Waals surface area (Å²) in [5.74, 6) is 3.84. The van der Waals surface area contributed by atoms with E-state index in [-0.39, 0.29) is 5.60 Å². The predicted molar refractivity (Wildman–Crippen MR) is 130 cm³/mol. The number of hydrogen-bond acceptors (Lipinski definition) is 2. The number of aromatic hydroxyl groups is 1. The molecule has 2 nitrogen and oxygen atoms in total. The minimum atomic E-state index is -0.251. The Balaban J connectivity index is 1.80. The fraction of sp³-hybridized carbons (Fsp3) is 0.714. The molecule has 1 N–H and O–H groups in total. The normalized spacial score (nSPS) is 20.2. The fourth-order valence-corrected chi connectivity index (χ4v) is 4.65. The van der Waals surface area contributed by atoms with Crippen LogP contribution in [0.25, 0.3) is 6.08 Å². The molecule has 0 spiro atoms. The number of hydrogen-bond donors (Lipinski definition) is 1. The molecule has 3 atom stereocenters. The molecule has 0 fully saturated rings. The van der Waals surface area contributed by atoms with Crippen LogP contribution in [0.4, 0.5) is 0 Å². The molecule has 0 aromatic heterocycles. The van der Waals surface area contributed by atoms with Gasteiger partial charge >= 0.3 is 0 Å². The molecule has 0 amide bonds. The van der Waals surface area contributed by atoms with E-state index in [1.54, 1.807) is 0 Å². The van der Waals surface area contributed by atoms with Crippen molar-refractivity contribution in [3.8, 4) is 11.5 Å². The van der Waals surface area contributed by atoms with Crippen LogP contribution in [-0.4, -0.2) is 10.7 Å². The van der Waals surface area contributed by atoms with Gasteiger partial charge in [-0.25, -0.2) is 0 Å². The smallest absolute Gasteiger partial charge is 0.131 e. The Hall–Kier alpha value is -1.44. The quantitative estimate of drug-likeness (QED) is 0.393. The summed E-state index contributed by atoms with van der Waals surface area (Å²) in [7, 11) is 0. The largest absolute Gasteiger partial charge is 0.507 e. The molecule has 2 unspecified atom stereocenters. The highest BCUT2D eigenvalue weighted by Gasteiger charge is 2.30. The van der Waals surface area contributed by atoms with Crippen molar-refractivity contribution < 1.29 is 9.84 Å². The summed E-state index contributed by atoms with van der Waals surface area (Å²) >= 11 is 0. The lowest BCUT2D eigenvalue weighted by atomic mass is 9.88. The molecular formula is C28H46O2. The van der Waals surface area contributed by atoms with Crippen molar-refractivity contribution in [3.63, 3.8) is 0 Å². The van der Waals surface area contributed by atoms with Crippen molar-refractivity contribution in [1.82, 2.24) is 0 Å². The maximum Gasteiger partial charge on any atom is 0.131 e. The van der Waals surface area contributed by atoms with E-state index in [9.17, 15) is 5.11 Å². The molecule has 2 rings (SSSR count). The first-order chi connectivity index (χ1) is 14.0. The topological polar surface area (TPSA) is 29.5 Å². The maximum absolute atomic E-state index is 10.3. The summed E-state index contributed by atoms with van der Waals surface area (Å²) < 4.78 is 6.51. The second-order valence-corrected chi connectivity index (χ2v) is 10.7. The second kappa shape index (κ2) is 10.7. The van der Waals surface area contributed by atoms with E-state index < -0.39 is 0 Å². The average Bonchev–Trinajstić information content (AvgIpc) is 2.69. The van der Waals surface area contributed by atoms with Crippen molar-refractivity contribution in [2.24, 2.45) is 17.8 Å². The lowest BCUT2D eigenvalue weighted by Gasteiger charge is -2.34. The van der Waals surface area contributed by atoms with Gasteiger partial charge in [-0.2, -0.15) is 0 Å². The molecule has 2 heteroatoms. The van der Waals surface area contributed by atoms with Gasteiger partial charge < -0.3 is 9.84 Å². The lowest BCUT2D eigenvalue weighted by molar-refractivity contribution is 0.121. The summed E-state index contributed by atoms with van der Waals surface area (Å²) in [5.41, 5.74) is 3.69. The fourth-order valence-electron chi connectivity index (χ4n) is 4.65. The van der Waals surface area contributed by atoms with Gasteiger partial charge in [0, 0.05) is 11.1 Å². The maximum atomic E-state index is 10.3. The van der Waals surface area contributed by atoms with Gasteiger partial charge in [0.05, 0.1) is 0 Å². The summed E-state index contributed by atoms with van der Waals surface area (Å²) in [6, 6.07) is 0. The van der Waals surface area contributed by atoms with Crippen LogP contribution in [0, 0.1) is 38.5 Å². The van der Waals surface area contributed by atoms with Crippen molar-refractivity contribution in [3.05, 3.63) is 28.3 Å². The van der Waals surface area contributed by atoms with Crippen LogP contribution in [0.1, 0.15) is 108 Å². The number of phenols is 1. The summed E-state index contributed by atoms with van der Waals surface area (Å²) in [6.07, 6.45) is 14.7. The van der Waals surface area contributed by atoms with Crippen LogP contribution in [0.2, 0.25) is 0 Å². The average molecular weight is 415 g/mol. The number of ether oxygens (including phenoxy) is 1. The highest BCUT2D eigenvalue weighted by Crippen LogP contribution is 2.43. The van der Waals surface area contributed by atoms with Gasteiger partial charge in [-0.15, -0.1) is 0 Å². The van der Waals surface area contributed by atoms with Gasteiger partial charge in [0.2, 0.25) is 0 Å². The van der Waals surface area contributed by atoms with Crippen molar-refractivity contribution in [2.45, 2.75) is 112 Å². The SMILES string of the molecule is Cc1c(C)c2c(c(C)c1O)C=C[C@@](C)(CCCC(C)CCCC(C)CCC(C)C)O2. The zero-order chi connectivity index (χ0) is 22.5. The number of rotatable bonds is 11. The molecular weight excluding hydrogens is 368 g/mol. The molecule has 0 radical (unpaired) electrons. The van der Waals surface area contributed by atoms with E-state index in [1.807, 2.05) is 13.8 Å². The number of phenolic OH excluding ortho intramolecular Hbond substituents is 1. The van der Waals surface area contributed by atoms with Crippen LogP contribution in [0.15, 0.2) is 6.08 Å². The van der Waals surface area contributed by atoms with Crippen LogP contribution >= 0.6 is 0 Å². The molecule has 170 valence electrons. The second-order valence-electron chi connectivity index (χ2n) is 10.7. The molecule has 0 saturated heterocycles. The van der Waals surface area contributed by atoms with E-state index in [1.165, 1.54) is 44.9 Å². The molecule has 1 aliphatic rings. The summed E-state index contributed by atoms with van der Waals surface area (Å²) in [5, 5.41) is 10.3. The third kappa shape index (κ3) is 6.53. The third-order valence-corrected chi connectivity index (χ3v) is 7.20. The molecule has 1 heterocycles. The molecule has 1 aromatic carbocycles. The van der Waals surface area contributed by atoms with E-state index >= 15 is 0 Å². The molecule has 0 bridgehead atoms. The summed E-state index contributed by atoms with van der Waals surface area (Å²) in [4.78, 5) is 0. The van der Waals surface area contributed by atoms with Gasteiger partial charge in [0.25, 0.3) is 0 Å². The minimum Gasteiger partial charge on any atom is -0.507 e. The standard InChI is InChI=1S/C28H46O2/c1-19(2)14-15-21(4)12-9-11-20(3)13-10-17-28(8)18-16-25-24(7)26(29)22(5)23(6)27(25)30-28/h16,18-21,29H,9-15,17H2,1-8H3/t20?,21?,28-/m1/s1. The number of benzene rings is 1. The van der Waals surface area contributed by atoms with Crippen LogP contribution < -0.4 is 4.74 Å². The third-order valence-electron chi connectivity index (χ3n) is 7.20. The van der Waals surface area contributed by atoms with Crippen LogP contribution in [-0.2, 0) is 0 Å². The molecule has 30 heavy (non-hydrogen) atoms. The minimum absolute atomic E-state index is 0.251. The Bertz CT molecular complexity index is 731. The highest BCUT2D eigenvalue weighted by molar-refractivity contribution is 5.71. The molecule has 1 aliphatic heterocycles. The Morgan fingerprint density at radius 3 is 2.07 bits per heavy atom. The Morgan fingerprint density at radius 1 is 0.833 bits per heavy atom. The van der Waals surface area contributed by atoms with Crippen molar-refractivity contribution in [2.75, 3.05) is 0 Å². The van der Waals surface area contributed by atoms with Crippen LogP contribution in [0.5, 0.6) is 11.5 Å². The van der Waals surface area contributed by atoms with Gasteiger partial charge in [-0.3, -0.25) is 0 Å². The van der Waals surface area contributed by atoms with E-state index in [4.69, 9.17) is 4.74 Å². The monoisotopic (exact) mass is 414 g/mol. The van der Waals surface area contributed by atoms with E-state index in [0.717, 1.165) is 52.2 Å². The van der Waals surface area contributed by atoms with Crippen molar-refractivity contribution >= 4 is 6.08 Å².